The van der Waals surface area contributed by atoms with E-state index in [4.69, 9.17) is 25.9 Å². The maximum Gasteiger partial charge on any atom is 0.339 e. The van der Waals surface area contributed by atoms with E-state index in [2.05, 4.69) is 5.32 Å². The number of carboxylic acid groups (broad SMARTS) is 1. The van der Waals surface area contributed by atoms with Crippen molar-refractivity contribution < 1.29 is 23.8 Å². The molecule has 0 spiro atoms. The lowest BCUT2D eigenvalue weighted by Gasteiger charge is -2.15. The molecular formula is C16H16ClNO5. The normalized spacial score (nSPS) is 11.8. The average molecular weight is 338 g/mol. The van der Waals surface area contributed by atoms with Gasteiger partial charge in [0.25, 0.3) is 5.91 Å². The molecular weight excluding hydrogens is 322 g/mol. The van der Waals surface area contributed by atoms with E-state index in [1.165, 1.54) is 6.07 Å². The first-order valence-electron chi connectivity index (χ1n) is 6.90. The van der Waals surface area contributed by atoms with Crippen LogP contribution in [0.2, 0.25) is 5.02 Å². The molecule has 1 unspecified atom stereocenters. The summed E-state index contributed by atoms with van der Waals surface area (Å²) in [6.07, 6.45) is -0.759. The number of ether oxygens (including phenoxy) is 1. The van der Waals surface area contributed by atoms with Gasteiger partial charge in [-0.15, -0.1) is 0 Å². The number of benzene rings is 1. The fourth-order valence-corrected chi connectivity index (χ4v) is 2.13. The minimum atomic E-state index is -1.07. The smallest absolute Gasteiger partial charge is 0.339 e. The van der Waals surface area contributed by atoms with Gasteiger partial charge in [-0.1, -0.05) is 23.7 Å². The summed E-state index contributed by atoms with van der Waals surface area (Å²) in [5.41, 5.74) is 0.0783. The number of amides is 1. The SMILES string of the molecule is Cc1oc(CNC(=O)C(C)Oc2ccccc2Cl)cc1C(=O)O. The Balaban J connectivity index is 1.93. The molecule has 1 amide bonds. The number of aryl methyl sites for hydroxylation is 1. The van der Waals surface area contributed by atoms with Gasteiger partial charge < -0.3 is 19.6 Å². The van der Waals surface area contributed by atoms with Crippen LogP contribution < -0.4 is 10.1 Å². The zero-order chi connectivity index (χ0) is 17.0. The number of nitrogens with one attached hydrogen (secondary N) is 1. The van der Waals surface area contributed by atoms with E-state index >= 15 is 0 Å². The molecule has 0 saturated carbocycles. The van der Waals surface area contributed by atoms with Gasteiger partial charge in [0.2, 0.25) is 0 Å². The quantitative estimate of drug-likeness (QED) is 0.845. The van der Waals surface area contributed by atoms with Gasteiger partial charge in [0, 0.05) is 0 Å². The predicted molar refractivity (Wildman–Crippen MR) is 83.8 cm³/mol. The van der Waals surface area contributed by atoms with Crippen LogP contribution >= 0.6 is 11.6 Å². The van der Waals surface area contributed by atoms with Crippen molar-refractivity contribution in [2.75, 3.05) is 0 Å². The lowest BCUT2D eigenvalue weighted by molar-refractivity contribution is -0.127. The topological polar surface area (TPSA) is 88.8 Å². The molecule has 2 rings (SSSR count). The highest BCUT2D eigenvalue weighted by Gasteiger charge is 2.18. The van der Waals surface area contributed by atoms with E-state index in [-0.39, 0.29) is 18.0 Å². The van der Waals surface area contributed by atoms with Crippen LogP contribution in [0.1, 0.15) is 28.8 Å². The highest BCUT2D eigenvalue weighted by Crippen LogP contribution is 2.24. The van der Waals surface area contributed by atoms with Gasteiger partial charge in [-0.3, -0.25) is 4.79 Å². The van der Waals surface area contributed by atoms with E-state index in [0.717, 1.165) is 0 Å². The van der Waals surface area contributed by atoms with Crippen LogP contribution in [0, 0.1) is 6.92 Å². The maximum absolute atomic E-state index is 12.0. The number of carbonyl (C=O) groups excluding carboxylic acids is 1. The summed E-state index contributed by atoms with van der Waals surface area (Å²) in [5, 5.41) is 12.0. The largest absolute Gasteiger partial charge is 0.479 e. The van der Waals surface area contributed by atoms with Crippen molar-refractivity contribution in [1.82, 2.24) is 5.32 Å². The lowest BCUT2D eigenvalue weighted by Crippen LogP contribution is -2.35. The number of carboxylic acids is 1. The molecule has 1 aromatic carbocycles. The van der Waals surface area contributed by atoms with Crippen molar-refractivity contribution in [3.8, 4) is 5.75 Å². The molecule has 0 bridgehead atoms. The zero-order valence-corrected chi connectivity index (χ0v) is 13.4. The molecule has 7 heteroatoms. The molecule has 0 aliphatic heterocycles. The molecule has 0 fully saturated rings. The number of carbonyl (C=O) groups is 2. The monoisotopic (exact) mass is 337 g/mol. The third-order valence-electron chi connectivity index (χ3n) is 3.15. The number of rotatable bonds is 6. The first kappa shape index (κ1) is 16.9. The molecule has 2 aromatic rings. The van der Waals surface area contributed by atoms with Crippen LogP contribution in [-0.2, 0) is 11.3 Å². The van der Waals surface area contributed by atoms with E-state index in [1.807, 2.05) is 0 Å². The van der Waals surface area contributed by atoms with Gasteiger partial charge in [-0.2, -0.15) is 0 Å². The Hall–Kier alpha value is -2.47. The molecule has 23 heavy (non-hydrogen) atoms. The number of hydrogen-bond acceptors (Lipinski definition) is 4. The Morgan fingerprint density at radius 1 is 1.39 bits per heavy atom. The van der Waals surface area contributed by atoms with Gasteiger partial charge in [0.05, 0.1) is 11.6 Å². The van der Waals surface area contributed by atoms with E-state index in [0.29, 0.717) is 22.3 Å². The molecule has 122 valence electrons. The van der Waals surface area contributed by atoms with Gasteiger partial charge in [0.15, 0.2) is 6.10 Å². The van der Waals surface area contributed by atoms with Crippen LogP contribution in [0.3, 0.4) is 0 Å². The Morgan fingerprint density at radius 3 is 2.70 bits per heavy atom. The molecule has 0 aliphatic rings. The van der Waals surface area contributed by atoms with Crippen LogP contribution in [0.5, 0.6) is 5.75 Å². The first-order chi connectivity index (χ1) is 10.9. The molecule has 0 aliphatic carbocycles. The number of para-hydroxylation sites is 1. The fourth-order valence-electron chi connectivity index (χ4n) is 1.95. The van der Waals surface area contributed by atoms with Crippen molar-refractivity contribution in [3.05, 3.63) is 52.4 Å². The third-order valence-corrected chi connectivity index (χ3v) is 3.46. The minimum absolute atomic E-state index is 0.0726. The summed E-state index contributed by atoms with van der Waals surface area (Å²) >= 11 is 5.97. The van der Waals surface area contributed by atoms with E-state index < -0.39 is 12.1 Å². The number of aromatic carboxylic acids is 1. The van der Waals surface area contributed by atoms with Gasteiger partial charge in [-0.05, 0) is 32.0 Å². The second kappa shape index (κ2) is 7.19. The van der Waals surface area contributed by atoms with Crippen molar-refractivity contribution >= 4 is 23.5 Å². The number of furan rings is 1. The standard InChI is InChI=1S/C16H16ClNO5/c1-9-12(16(20)21)7-11(22-9)8-18-15(19)10(2)23-14-6-4-3-5-13(14)17/h3-7,10H,8H2,1-2H3,(H,18,19)(H,20,21). The summed E-state index contributed by atoms with van der Waals surface area (Å²) in [4.78, 5) is 23.0. The highest BCUT2D eigenvalue weighted by atomic mass is 35.5. The van der Waals surface area contributed by atoms with Crippen LogP contribution in [0.25, 0.3) is 0 Å². The molecule has 2 N–H and O–H groups in total. The number of hydrogen-bond donors (Lipinski definition) is 2. The summed E-state index contributed by atoms with van der Waals surface area (Å²) in [5.74, 6) is -0.366. The van der Waals surface area contributed by atoms with Crippen LogP contribution in [0.15, 0.2) is 34.7 Å². The van der Waals surface area contributed by atoms with Gasteiger partial charge in [-0.25, -0.2) is 4.79 Å². The highest BCUT2D eigenvalue weighted by molar-refractivity contribution is 6.32. The Morgan fingerprint density at radius 2 is 2.09 bits per heavy atom. The molecule has 6 nitrogen and oxygen atoms in total. The molecule has 1 atom stereocenters. The molecule has 0 saturated heterocycles. The van der Waals surface area contributed by atoms with Crippen molar-refractivity contribution in [2.24, 2.45) is 0 Å². The second-order valence-electron chi connectivity index (χ2n) is 4.90. The molecule has 0 radical (unpaired) electrons. The average Bonchev–Trinajstić information content (AvgIpc) is 2.88. The Bertz CT molecular complexity index is 725. The first-order valence-corrected chi connectivity index (χ1v) is 7.27. The summed E-state index contributed by atoms with van der Waals surface area (Å²) < 4.78 is 10.8. The van der Waals surface area contributed by atoms with Crippen molar-refractivity contribution in [2.45, 2.75) is 26.5 Å². The third kappa shape index (κ3) is 4.26. The summed E-state index contributed by atoms with van der Waals surface area (Å²) in [6, 6.07) is 8.24. The van der Waals surface area contributed by atoms with Crippen LogP contribution in [0.4, 0.5) is 0 Å². The van der Waals surface area contributed by atoms with Gasteiger partial charge in [0.1, 0.15) is 22.8 Å². The summed E-state index contributed by atoms with van der Waals surface area (Å²) in [7, 11) is 0. The number of halogens is 1. The fraction of sp³-hybridized carbons (Fsp3) is 0.250. The van der Waals surface area contributed by atoms with E-state index in [9.17, 15) is 9.59 Å². The minimum Gasteiger partial charge on any atom is -0.479 e. The van der Waals surface area contributed by atoms with Crippen molar-refractivity contribution in [1.29, 1.82) is 0 Å². The van der Waals surface area contributed by atoms with Crippen LogP contribution in [-0.4, -0.2) is 23.1 Å². The molecule has 1 heterocycles. The second-order valence-corrected chi connectivity index (χ2v) is 5.30. The maximum atomic E-state index is 12.0. The summed E-state index contributed by atoms with van der Waals surface area (Å²) in [6.45, 7) is 3.22. The van der Waals surface area contributed by atoms with Crippen molar-refractivity contribution in [3.63, 3.8) is 0 Å². The Labute approximate surface area is 138 Å². The van der Waals surface area contributed by atoms with Gasteiger partial charge >= 0.3 is 5.97 Å². The molecule has 1 aromatic heterocycles. The lowest BCUT2D eigenvalue weighted by atomic mass is 10.2. The predicted octanol–water partition coefficient (Wildman–Crippen LogP) is 3.02. The van der Waals surface area contributed by atoms with E-state index in [1.54, 1.807) is 38.1 Å². The Kier molecular flexibility index (Phi) is 5.28. The zero-order valence-electron chi connectivity index (χ0n) is 12.6.